The molecule has 1 atom stereocenters. The molecule has 0 spiro atoms. The van der Waals surface area contributed by atoms with Crippen LogP contribution in [0.3, 0.4) is 0 Å². The number of amidine groups is 1. The summed E-state index contributed by atoms with van der Waals surface area (Å²) in [4.78, 5) is 10.0. The Balaban J connectivity index is 1.51. The first-order valence-electron chi connectivity index (χ1n) is 11.5. The molecule has 3 heterocycles. The van der Waals surface area contributed by atoms with Crippen LogP contribution in [-0.2, 0) is 0 Å². The van der Waals surface area contributed by atoms with E-state index in [0.717, 1.165) is 39.6 Å². The predicted molar refractivity (Wildman–Crippen MR) is 149 cm³/mol. The third kappa shape index (κ3) is 4.36. The van der Waals surface area contributed by atoms with Gasteiger partial charge in [-0.3, -0.25) is 4.90 Å². The molecule has 0 radical (unpaired) electrons. The van der Waals surface area contributed by atoms with Gasteiger partial charge in [-0.1, -0.05) is 89.6 Å². The van der Waals surface area contributed by atoms with Crippen molar-refractivity contribution in [1.82, 2.24) is 9.80 Å². The van der Waals surface area contributed by atoms with Crippen molar-refractivity contribution in [1.29, 1.82) is 0 Å². The van der Waals surface area contributed by atoms with Gasteiger partial charge in [-0.15, -0.1) is 0 Å². The van der Waals surface area contributed by atoms with E-state index in [9.17, 15) is 0 Å². The SMILES string of the molecule is CN1CC2=C(N=C3SC=C(c4ccccc4)N3C2c2ccc(Cl)cc2)/C(=C/c2ccc(Cl)cc2)C1. The topological polar surface area (TPSA) is 18.8 Å². The van der Waals surface area contributed by atoms with Gasteiger partial charge in [0.05, 0.1) is 17.4 Å². The number of nitrogens with zero attached hydrogens (tertiary/aromatic N) is 3. The zero-order chi connectivity index (χ0) is 23.9. The molecule has 0 saturated carbocycles. The van der Waals surface area contributed by atoms with Crippen LogP contribution < -0.4 is 0 Å². The van der Waals surface area contributed by atoms with Crippen LogP contribution in [0.1, 0.15) is 22.7 Å². The lowest BCUT2D eigenvalue weighted by Crippen LogP contribution is -2.40. The molecule has 35 heavy (non-hydrogen) atoms. The molecular weight excluding hydrogens is 493 g/mol. The Morgan fingerprint density at radius 2 is 1.57 bits per heavy atom. The summed E-state index contributed by atoms with van der Waals surface area (Å²) in [6.07, 6.45) is 2.24. The van der Waals surface area contributed by atoms with E-state index in [1.807, 2.05) is 24.3 Å². The van der Waals surface area contributed by atoms with E-state index >= 15 is 0 Å². The van der Waals surface area contributed by atoms with Crippen molar-refractivity contribution >= 4 is 51.9 Å². The molecule has 1 unspecified atom stereocenters. The molecule has 6 rings (SSSR count). The number of likely N-dealkylation sites (N-methyl/N-ethyl adjacent to an activating group) is 1. The Labute approximate surface area is 220 Å². The molecule has 3 aliphatic heterocycles. The first-order chi connectivity index (χ1) is 17.1. The highest BCUT2D eigenvalue weighted by Crippen LogP contribution is 2.49. The fourth-order valence-corrected chi connectivity index (χ4v) is 6.12. The summed E-state index contributed by atoms with van der Waals surface area (Å²) >= 11 is 14.1. The quantitative estimate of drug-likeness (QED) is 0.355. The van der Waals surface area contributed by atoms with Crippen molar-refractivity contribution in [2.75, 3.05) is 20.1 Å². The second kappa shape index (κ2) is 9.36. The van der Waals surface area contributed by atoms with Gasteiger partial charge in [0.15, 0.2) is 5.17 Å². The zero-order valence-corrected chi connectivity index (χ0v) is 21.5. The predicted octanol–water partition coefficient (Wildman–Crippen LogP) is 7.73. The van der Waals surface area contributed by atoms with E-state index in [2.05, 4.69) is 82.9 Å². The average molecular weight is 516 g/mol. The van der Waals surface area contributed by atoms with E-state index in [0.29, 0.717) is 0 Å². The average Bonchev–Trinajstić information content (AvgIpc) is 3.29. The molecule has 0 aromatic heterocycles. The van der Waals surface area contributed by atoms with Gasteiger partial charge in [-0.2, -0.15) is 0 Å². The highest BCUT2D eigenvalue weighted by atomic mass is 35.5. The van der Waals surface area contributed by atoms with Crippen LogP contribution in [0.2, 0.25) is 10.0 Å². The number of thioether (sulfide) groups is 1. The maximum atomic E-state index is 6.28. The number of aliphatic imine (C=N–C) groups is 1. The summed E-state index contributed by atoms with van der Waals surface area (Å²) in [6, 6.07) is 26.8. The fourth-order valence-electron chi connectivity index (χ4n) is 4.94. The van der Waals surface area contributed by atoms with Gasteiger partial charge in [0.25, 0.3) is 0 Å². The van der Waals surface area contributed by atoms with E-state index < -0.39 is 0 Å². The Morgan fingerprint density at radius 1 is 0.886 bits per heavy atom. The van der Waals surface area contributed by atoms with Gasteiger partial charge in [-0.25, -0.2) is 4.99 Å². The number of benzene rings is 3. The standard InChI is InChI=1S/C29H23Cl2N3S/c1-33-16-22(15-19-7-11-23(30)12-8-19)27-25(17-33)28(21-9-13-24(31)14-10-21)34-26(18-35-29(34)32-27)20-5-3-2-4-6-20/h2-15,18,28H,16-17H2,1H3/b22-15+. The molecule has 3 aromatic carbocycles. The number of hydrogen-bond donors (Lipinski definition) is 0. The van der Waals surface area contributed by atoms with E-state index in [-0.39, 0.29) is 6.04 Å². The van der Waals surface area contributed by atoms with Gasteiger partial charge in [0.2, 0.25) is 0 Å². The van der Waals surface area contributed by atoms with Crippen LogP contribution >= 0.6 is 35.0 Å². The van der Waals surface area contributed by atoms with Gasteiger partial charge in [0.1, 0.15) is 0 Å². The lowest BCUT2D eigenvalue weighted by Gasteiger charge is -2.42. The summed E-state index contributed by atoms with van der Waals surface area (Å²) in [5, 5.41) is 4.72. The van der Waals surface area contributed by atoms with Crippen LogP contribution in [-0.4, -0.2) is 35.1 Å². The van der Waals surface area contributed by atoms with Crippen LogP contribution in [0.4, 0.5) is 0 Å². The highest BCUT2D eigenvalue weighted by Gasteiger charge is 2.41. The largest absolute Gasteiger partial charge is 0.308 e. The molecular formula is C29H23Cl2N3S. The molecule has 0 bridgehead atoms. The molecule has 3 aromatic rings. The molecule has 174 valence electrons. The first-order valence-corrected chi connectivity index (χ1v) is 13.1. The third-order valence-electron chi connectivity index (χ3n) is 6.49. The van der Waals surface area contributed by atoms with E-state index in [1.165, 1.54) is 28.0 Å². The van der Waals surface area contributed by atoms with Crippen molar-refractivity contribution in [2.24, 2.45) is 4.99 Å². The van der Waals surface area contributed by atoms with Gasteiger partial charge in [0, 0.05) is 28.5 Å². The highest BCUT2D eigenvalue weighted by molar-refractivity contribution is 8.16. The van der Waals surface area contributed by atoms with Crippen molar-refractivity contribution < 1.29 is 0 Å². The molecule has 0 amide bonds. The monoisotopic (exact) mass is 515 g/mol. The first kappa shape index (κ1) is 22.7. The molecule has 3 aliphatic rings. The maximum absolute atomic E-state index is 6.28. The third-order valence-corrected chi connectivity index (χ3v) is 7.84. The Kier molecular flexibility index (Phi) is 6.07. The maximum Gasteiger partial charge on any atom is 0.174 e. The van der Waals surface area contributed by atoms with Gasteiger partial charge in [-0.05, 0) is 65.2 Å². The molecule has 0 aliphatic carbocycles. The minimum atomic E-state index is 0.0348. The van der Waals surface area contributed by atoms with Crippen molar-refractivity contribution in [2.45, 2.75) is 6.04 Å². The summed E-state index contributed by atoms with van der Waals surface area (Å²) < 4.78 is 0. The number of halogens is 2. The molecule has 3 nitrogen and oxygen atoms in total. The minimum absolute atomic E-state index is 0.0348. The summed E-state index contributed by atoms with van der Waals surface area (Å²) in [6.45, 7) is 1.69. The summed E-state index contributed by atoms with van der Waals surface area (Å²) in [7, 11) is 2.17. The van der Waals surface area contributed by atoms with Gasteiger partial charge >= 0.3 is 0 Å². The zero-order valence-electron chi connectivity index (χ0n) is 19.2. The van der Waals surface area contributed by atoms with Crippen molar-refractivity contribution in [3.8, 4) is 0 Å². The summed E-state index contributed by atoms with van der Waals surface area (Å²) in [5.41, 5.74) is 8.32. The molecule has 0 N–H and O–H groups in total. The number of fused-ring (bicyclic) bond motifs is 1. The van der Waals surface area contributed by atoms with Crippen LogP contribution in [0, 0.1) is 0 Å². The van der Waals surface area contributed by atoms with Crippen molar-refractivity contribution in [3.05, 3.63) is 128 Å². The normalized spacial score (nSPS) is 21.1. The van der Waals surface area contributed by atoms with Crippen LogP contribution in [0.25, 0.3) is 11.8 Å². The second-order valence-corrected chi connectivity index (χ2v) is 10.7. The lowest BCUT2D eigenvalue weighted by atomic mass is 9.88. The Bertz CT molecular complexity index is 1390. The second-order valence-electron chi connectivity index (χ2n) is 8.97. The molecule has 0 saturated heterocycles. The Hall–Kier alpha value is -2.76. The number of hydrogen-bond acceptors (Lipinski definition) is 4. The lowest BCUT2D eigenvalue weighted by molar-refractivity contribution is 0.344. The molecule has 0 fully saturated rings. The minimum Gasteiger partial charge on any atom is -0.308 e. The Morgan fingerprint density at radius 3 is 2.29 bits per heavy atom. The van der Waals surface area contributed by atoms with E-state index in [1.54, 1.807) is 11.8 Å². The smallest absolute Gasteiger partial charge is 0.174 e. The van der Waals surface area contributed by atoms with Gasteiger partial charge < -0.3 is 4.90 Å². The van der Waals surface area contributed by atoms with Crippen LogP contribution in [0.5, 0.6) is 0 Å². The van der Waals surface area contributed by atoms with Crippen LogP contribution in [0.15, 0.2) is 106 Å². The van der Waals surface area contributed by atoms with E-state index in [4.69, 9.17) is 28.2 Å². The van der Waals surface area contributed by atoms with Crippen molar-refractivity contribution in [3.63, 3.8) is 0 Å². The summed E-state index contributed by atoms with van der Waals surface area (Å²) in [5.74, 6) is 0. The fraction of sp³-hybridized carbons (Fsp3) is 0.138. The number of rotatable bonds is 3. The molecule has 6 heteroatoms.